The van der Waals surface area contributed by atoms with E-state index < -0.39 is 37.7 Å². The van der Waals surface area contributed by atoms with Gasteiger partial charge < -0.3 is 4.74 Å². The Labute approximate surface area is 178 Å². The molecule has 4 atom stereocenters. The summed E-state index contributed by atoms with van der Waals surface area (Å²) in [6.07, 6.45) is 0. The zero-order valence-corrected chi connectivity index (χ0v) is 17.4. The van der Waals surface area contributed by atoms with Crippen LogP contribution in [0.2, 0.25) is 0 Å². The van der Waals surface area contributed by atoms with Gasteiger partial charge in [-0.3, -0.25) is 9.59 Å². The van der Waals surface area contributed by atoms with Crippen molar-refractivity contribution in [3.63, 3.8) is 0 Å². The van der Waals surface area contributed by atoms with Crippen LogP contribution in [0.15, 0.2) is 34.3 Å². The van der Waals surface area contributed by atoms with Crippen molar-refractivity contribution in [1.82, 2.24) is 0 Å². The standard InChI is InChI=1S/C16H9Cl6NO3/c1-26-7-4-2-6(3-5-7)23-12(24)8-9(13(23)25)15(20)11(18)10(17)14(8,19)16(15,21)22/h2-5,8-9H,1H3/t8-,9+,14-,15-/m1/s1. The first-order valence-corrected chi connectivity index (χ1v) is 9.65. The Kier molecular flexibility index (Phi) is 4.08. The SMILES string of the molecule is COc1ccc(N2C(=O)[C@@H]3[C@H](C2=O)[C@@]2(Cl)C(Cl)=C(Cl)[C@@]3(Cl)C2(Cl)Cl)cc1. The van der Waals surface area contributed by atoms with Crippen molar-refractivity contribution in [2.24, 2.45) is 11.8 Å². The maximum absolute atomic E-state index is 13.1. The molecule has 0 unspecified atom stereocenters. The first-order valence-electron chi connectivity index (χ1n) is 7.38. The molecule has 3 aliphatic rings. The van der Waals surface area contributed by atoms with Gasteiger partial charge in [0.05, 0.1) is 34.7 Å². The highest BCUT2D eigenvalue weighted by atomic mass is 35.5. The molecule has 138 valence electrons. The Balaban J connectivity index is 1.86. The monoisotopic (exact) mass is 473 g/mol. The highest BCUT2D eigenvalue weighted by molar-refractivity contribution is 6.67. The fourth-order valence-corrected chi connectivity index (χ4v) is 6.91. The average Bonchev–Trinajstić information content (AvgIpc) is 3.00. The van der Waals surface area contributed by atoms with Crippen LogP contribution in [-0.4, -0.2) is 33.0 Å². The highest BCUT2D eigenvalue weighted by Gasteiger charge is 2.87. The van der Waals surface area contributed by atoms with Crippen LogP contribution >= 0.6 is 69.6 Å². The van der Waals surface area contributed by atoms with Gasteiger partial charge in [-0.2, -0.15) is 0 Å². The second kappa shape index (κ2) is 5.59. The summed E-state index contributed by atoms with van der Waals surface area (Å²) < 4.78 is 3.16. The molecule has 0 spiro atoms. The van der Waals surface area contributed by atoms with Crippen LogP contribution in [0, 0.1) is 11.8 Å². The average molecular weight is 476 g/mol. The summed E-state index contributed by atoms with van der Waals surface area (Å²) in [7, 11) is 1.51. The number of nitrogens with zero attached hydrogens (tertiary/aromatic N) is 1. The third kappa shape index (κ3) is 1.82. The summed E-state index contributed by atoms with van der Waals surface area (Å²) in [5.41, 5.74) is 0.345. The van der Waals surface area contributed by atoms with Gasteiger partial charge in [0.2, 0.25) is 11.8 Å². The molecule has 1 aromatic carbocycles. The quantitative estimate of drug-likeness (QED) is 0.462. The lowest BCUT2D eigenvalue weighted by molar-refractivity contribution is -0.123. The Bertz CT molecular complexity index is 838. The van der Waals surface area contributed by atoms with Gasteiger partial charge in [-0.05, 0) is 24.3 Å². The summed E-state index contributed by atoms with van der Waals surface area (Å²) in [4.78, 5) is 23.7. The third-order valence-electron chi connectivity index (χ3n) is 5.24. The van der Waals surface area contributed by atoms with E-state index in [-0.39, 0.29) is 10.1 Å². The number of carbonyl (C=O) groups is 2. The minimum absolute atomic E-state index is 0.111. The molecule has 1 saturated carbocycles. The van der Waals surface area contributed by atoms with Crippen molar-refractivity contribution in [2.75, 3.05) is 12.0 Å². The third-order valence-corrected chi connectivity index (χ3v) is 9.50. The van der Waals surface area contributed by atoms with E-state index in [0.717, 1.165) is 4.90 Å². The zero-order chi connectivity index (χ0) is 19.2. The predicted octanol–water partition coefficient (Wildman–Crippen LogP) is 4.65. The number of anilines is 1. The summed E-state index contributed by atoms with van der Waals surface area (Å²) in [6, 6.07) is 6.39. The maximum atomic E-state index is 13.1. The molecule has 0 radical (unpaired) electrons. The summed E-state index contributed by atoms with van der Waals surface area (Å²) in [5, 5.41) is -0.223. The van der Waals surface area contributed by atoms with Crippen LogP contribution in [0.25, 0.3) is 0 Å². The van der Waals surface area contributed by atoms with Crippen molar-refractivity contribution in [3.05, 3.63) is 34.3 Å². The number of hydrogen-bond acceptors (Lipinski definition) is 3. The van der Waals surface area contributed by atoms with Crippen LogP contribution in [0.4, 0.5) is 5.69 Å². The number of rotatable bonds is 2. The molecule has 4 nitrogen and oxygen atoms in total. The topological polar surface area (TPSA) is 46.6 Å². The number of allylic oxidation sites excluding steroid dienone is 2. The molecule has 2 bridgehead atoms. The lowest BCUT2D eigenvalue weighted by Crippen LogP contribution is -2.50. The summed E-state index contributed by atoms with van der Waals surface area (Å²) in [6.45, 7) is 0. The van der Waals surface area contributed by atoms with Gasteiger partial charge in [0, 0.05) is 0 Å². The smallest absolute Gasteiger partial charge is 0.240 e. The van der Waals surface area contributed by atoms with E-state index in [0.29, 0.717) is 11.4 Å². The zero-order valence-electron chi connectivity index (χ0n) is 12.9. The molecule has 4 rings (SSSR count). The molecule has 2 fully saturated rings. The molecule has 26 heavy (non-hydrogen) atoms. The van der Waals surface area contributed by atoms with E-state index in [4.69, 9.17) is 74.3 Å². The first-order chi connectivity index (χ1) is 12.0. The van der Waals surface area contributed by atoms with Gasteiger partial charge in [-0.15, -0.1) is 23.2 Å². The predicted molar refractivity (Wildman–Crippen MR) is 103 cm³/mol. The normalized spacial score (nSPS) is 37.6. The van der Waals surface area contributed by atoms with Crippen LogP contribution in [0.1, 0.15) is 0 Å². The van der Waals surface area contributed by atoms with Crippen molar-refractivity contribution in [2.45, 2.75) is 14.1 Å². The minimum atomic E-state index is -1.93. The molecule has 2 aliphatic carbocycles. The fourth-order valence-electron chi connectivity index (χ4n) is 3.98. The molecule has 0 N–H and O–H groups in total. The number of ether oxygens (including phenoxy) is 1. The maximum Gasteiger partial charge on any atom is 0.240 e. The second-order valence-corrected chi connectivity index (χ2v) is 9.57. The molecular weight excluding hydrogens is 467 g/mol. The van der Waals surface area contributed by atoms with E-state index in [9.17, 15) is 9.59 Å². The molecule has 1 aromatic rings. The Morgan fingerprint density at radius 3 is 1.69 bits per heavy atom. The molecule has 2 amide bonds. The Hall–Kier alpha value is -0.360. The summed E-state index contributed by atoms with van der Waals surface area (Å²) >= 11 is 38.6. The number of carbonyl (C=O) groups excluding carboxylic acids is 2. The molecule has 1 aliphatic heterocycles. The van der Waals surface area contributed by atoms with E-state index in [1.807, 2.05) is 0 Å². The van der Waals surface area contributed by atoms with E-state index in [1.54, 1.807) is 24.3 Å². The second-order valence-electron chi connectivity index (χ2n) is 6.29. The molecule has 10 heteroatoms. The van der Waals surface area contributed by atoms with E-state index in [1.165, 1.54) is 7.11 Å². The first kappa shape index (κ1) is 19.0. The molecule has 1 saturated heterocycles. The summed E-state index contributed by atoms with van der Waals surface area (Å²) in [5.74, 6) is -2.88. The van der Waals surface area contributed by atoms with Crippen molar-refractivity contribution >= 4 is 87.1 Å². The fraction of sp³-hybridized carbons (Fsp3) is 0.375. The molecule has 1 heterocycles. The van der Waals surface area contributed by atoms with Crippen LogP contribution in [-0.2, 0) is 9.59 Å². The highest BCUT2D eigenvalue weighted by Crippen LogP contribution is 2.77. The van der Waals surface area contributed by atoms with Crippen LogP contribution in [0.5, 0.6) is 5.75 Å². The van der Waals surface area contributed by atoms with Gasteiger partial charge in [0.25, 0.3) is 0 Å². The number of benzene rings is 1. The van der Waals surface area contributed by atoms with Gasteiger partial charge in [-0.1, -0.05) is 46.4 Å². The van der Waals surface area contributed by atoms with Crippen molar-refractivity contribution in [3.8, 4) is 5.75 Å². The lowest BCUT2D eigenvalue weighted by Gasteiger charge is -2.34. The number of hydrogen-bond donors (Lipinski definition) is 0. The van der Waals surface area contributed by atoms with E-state index >= 15 is 0 Å². The number of fused-ring (bicyclic) bond motifs is 5. The van der Waals surface area contributed by atoms with Gasteiger partial charge >= 0.3 is 0 Å². The molecular formula is C16H9Cl6NO3. The largest absolute Gasteiger partial charge is 0.497 e. The Morgan fingerprint density at radius 2 is 1.31 bits per heavy atom. The van der Waals surface area contributed by atoms with Gasteiger partial charge in [0.15, 0.2) is 4.33 Å². The molecule has 0 aromatic heterocycles. The van der Waals surface area contributed by atoms with Crippen LogP contribution in [0.3, 0.4) is 0 Å². The number of methoxy groups -OCH3 is 1. The van der Waals surface area contributed by atoms with E-state index in [2.05, 4.69) is 0 Å². The van der Waals surface area contributed by atoms with Gasteiger partial charge in [0.1, 0.15) is 15.5 Å². The number of amides is 2. The number of alkyl halides is 4. The van der Waals surface area contributed by atoms with Crippen molar-refractivity contribution < 1.29 is 14.3 Å². The van der Waals surface area contributed by atoms with Crippen LogP contribution < -0.4 is 9.64 Å². The number of imide groups is 1. The lowest BCUT2D eigenvalue weighted by atomic mass is 9.84. The Morgan fingerprint density at radius 1 is 0.885 bits per heavy atom. The minimum Gasteiger partial charge on any atom is -0.497 e. The number of halogens is 6. The van der Waals surface area contributed by atoms with Crippen molar-refractivity contribution in [1.29, 1.82) is 0 Å². The van der Waals surface area contributed by atoms with Gasteiger partial charge in [-0.25, -0.2) is 4.90 Å².